The molecule has 0 aliphatic carbocycles. The van der Waals surface area contributed by atoms with Crippen molar-refractivity contribution in [1.29, 1.82) is 0 Å². The van der Waals surface area contributed by atoms with Crippen molar-refractivity contribution in [2.75, 3.05) is 9.80 Å². The van der Waals surface area contributed by atoms with E-state index >= 15 is 0 Å². The largest absolute Gasteiger partial charge is 0.454 e. The van der Waals surface area contributed by atoms with Crippen molar-refractivity contribution in [3.63, 3.8) is 0 Å². The van der Waals surface area contributed by atoms with Crippen molar-refractivity contribution in [2.45, 2.75) is 0 Å². The van der Waals surface area contributed by atoms with Gasteiger partial charge in [0.05, 0.1) is 11.4 Å². The molecule has 0 spiro atoms. The van der Waals surface area contributed by atoms with E-state index in [0.717, 1.165) is 67.5 Å². The molecular weight excluding hydrogens is 669 g/mol. The second-order valence-electron chi connectivity index (χ2n) is 13.7. The Morgan fingerprint density at radius 2 is 0.727 bits per heavy atom. The van der Waals surface area contributed by atoms with Crippen molar-refractivity contribution in [3.05, 3.63) is 218 Å². The van der Waals surface area contributed by atoms with E-state index in [4.69, 9.17) is 4.74 Å². The average Bonchev–Trinajstić information content (AvgIpc) is 3.27. The zero-order chi connectivity index (χ0) is 36.6. The summed E-state index contributed by atoms with van der Waals surface area (Å²) < 4.78 is 7.08. The fourth-order valence-corrected chi connectivity index (χ4v) is 7.87. The standard InChI is InChI=1S/C52H36N2O/c1-5-15-37(16-6-1)39-27-31-43(32-28-39)54(44-33-29-40(30-34-44)38-17-7-2-8-18-38)49-26-14-24-46-45-23-13-25-47-48(35-36-50(51(45)47)55-52(46)49)53(41-19-9-3-10-20-41)42-21-11-4-12-22-42/h1-36H. The molecule has 0 saturated heterocycles. The number of nitrogens with zero attached hydrogens (tertiary/aromatic N) is 2. The lowest BCUT2D eigenvalue weighted by molar-refractivity contribution is 0.488. The molecule has 1 heterocycles. The second kappa shape index (κ2) is 13.9. The molecule has 0 saturated carbocycles. The van der Waals surface area contributed by atoms with Crippen LogP contribution in [0.1, 0.15) is 0 Å². The highest BCUT2D eigenvalue weighted by atomic mass is 16.5. The first-order valence-electron chi connectivity index (χ1n) is 18.7. The Morgan fingerprint density at radius 3 is 1.27 bits per heavy atom. The first-order chi connectivity index (χ1) is 27.3. The van der Waals surface area contributed by atoms with Gasteiger partial charge < -0.3 is 14.5 Å². The number of para-hydroxylation sites is 3. The van der Waals surface area contributed by atoms with Gasteiger partial charge in [-0.1, -0.05) is 152 Å². The molecule has 0 bridgehead atoms. The maximum absolute atomic E-state index is 7.08. The Morgan fingerprint density at radius 1 is 0.291 bits per heavy atom. The molecule has 1 aliphatic heterocycles. The maximum Gasteiger partial charge on any atom is 0.159 e. The van der Waals surface area contributed by atoms with Gasteiger partial charge in [0.2, 0.25) is 0 Å². The number of fused-ring (bicyclic) bond motifs is 2. The van der Waals surface area contributed by atoms with Crippen molar-refractivity contribution in [1.82, 2.24) is 0 Å². The van der Waals surface area contributed by atoms with Crippen LogP contribution in [0.2, 0.25) is 0 Å². The minimum atomic E-state index is 0.831. The highest BCUT2D eigenvalue weighted by molar-refractivity contribution is 6.11. The fraction of sp³-hybridized carbons (Fsp3) is 0. The molecule has 0 aromatic heterocycles. The molecule has 55 heavy (non-hydrogen) atoms. The Kier molecular flexibility index (Phi) is 8.16. The van der Waals surface area contributed by atoms with Gasteiger partial charge in [-0.2, -0.15) is 0 Å². The number of anilines is 6. The van der Waals surface area contributed by atoms with E-state index in [-0.39, 0.29) is 0 Å². The van der Waals surface area contributed by atoms with Crippen LogP contribution < -0.4 is 14.5 Å². The summed E-state index contributed by atoms with van der Waals surface area (Å²) in [7, 11) is 0. The Labute approximate surface area is 321 Å². The normalized spacial score (nSPS) is 11.4. The second-order valence-corrected chi connectivity index (χ2v) is 13.7. The van der Waals surface area contributed by atoms with E-state index < -0.39 is 0 Å². The third-order valence-electron chi connectivity index (χ3n) is 10.5. The van der Waals surface area contributed by atoms with Crippen LogP contribution in [-0.4, -0.2) is 0 Å². The van der Waals surface area contributed by atoms with Crippen molar-refractivity contribution in [3.8, 4) is 44.9 Å². The van der Waals surface area contributed by atoms with Crippen LogP contribution in [0.4, 0.5) is 34.1 Å². The smallest absolute Gasteiger partial charge is 0.159 e. The van der Waals surface area contributed by atoms with Gasteiger partial charge in [0.1, 0.15) is 5.75 Å². The zero-order valence-electron chi connectivity index (χ0n) is 30.1. The van der Waals surface area contributed by atoms with E-state index in [2.05, 4.69) is 228 Å². The Hall–Kier alpha value is -7.36. The minimum absolute atomic E-state index is 0.831. The van der Waals surface area contributed by atoms with E-state index in [1.165, 1.54) is 22.3 Å². The van der Waals surface area contributed by atoms with E-state index in [0.29, 0.717) is 0 Å². The molecule has 0 fully saturated rings. The summed E-state index contributed by atoms with van der Waals surface area (Å²) >= 11 is 0. The third-order valence-corrected chi connectivity index (χ3v) is 10.5. The molecule has 0 atom stereocenters. The number of benzene rings is 9. The van der Waals surface area contributed by atoms with E-state index in [1.807, 2.05) is 0 Å². The first kappa shape index (κ1) is 32.3. The molecule has 3 nitrogen and oxygen atoms in total. The van der Waals surface area contributed by atoms with Crippen LogP contribution in [0.25, 0.3) is 44.2 Å². The fourth-order valence-electron chi connectivity index (χ4n) is 7.87. The highest BCUT2D eigenvalue weighted by Gasteiger charge is 2.28. The molecule has 0 radical (unpaired) electrons. The van der Waals surface area contributed by atoms with Crippen LogP contribution >= 0.6 is 0 Å². The van der Waals surface area contributed by atoms with Crippen LogP contribution in [0, 0.1) is 0 Å². The predicted octanol–water partition coefficient (Wildman–Crippen LogP) is 14.9. The lowest BCUT2D eigenvalue weighted by Crippen LogP contribution is -2.13. The summed E-state index contributed by atoms with van der Waals surface area (Å²) in [6, 6.07) is 77.2. The SMILES string of the molecule is c1ccc(-c2ccc(N(c3ccc(-c4ccccc4)cc3)c3cccc4c3Oc3ccc(N(c5ccccc5)c5ccccc5)c5cccc-4c35)cc2)cc1. The predicted molar refractivity (Wildman–Crippen MR) is 230 cm³/mol. The molecule has 0 unspecified atom stereocenters. The van der Waals surface area contributed by atoms with Gasteiger partial charge >= 0.3 is 0 Å². The van der Waals surface area contributed by atoms with Crippen molar-refractivity contribution >= 4 is 44.9 Å². The molecule has 10 rings (SSSR count). The van der Waals surface area contributed by atoms with Gasteiger partial charge in [-0.05, 0) is 94.5 Å². The number of hydrogen-bond donors (Lipinski definition) is 0. The zero-order valence-corrected chi connectivity index (χ0v) is 30.1. The van der Waals surface area contributed by atoms with Crippen LogP contribution in [-0.2, 0) is 0 Å². The molecule has 3 heteroatoms. The van der Waals surface area contributed by atoms with Gasteiger partial charge in [0, 0.05) is 39.1 Å². The molecule has 1 aliphatic rings. The monoisotopic (exact) mass is 704 g/mol. The third kappa shape index (κ3) is 5.89. The van der Waals surface area contributed by atoms with Crippen molar-refractivity contribution < 1.29 is 4.74 Å². The number of ether oxygens (including phenoxy) is 1. The quantitative estimate of drug-likeness (QED) is 0.157. The molecule has 9 aromatic carbocycles. The summed E-state index contributed by atoms with van der Waals surface area (Å²) in [4.78, 5) is 4.64. The molecule has 0 amide bonds. The Balaban J connectivity index is 1.12. The van der Waals surface area contributed by atoms with E-state index in [9.17, 15) is 0 Å². The number of rotatable bonds is 8. The summed E-state index contributed by atoms with van der Waals surface area (Å²) in [5.74, 6) is 1.67. The summed E-state index contributed by atoms with van der Waals surface area (Å²) in [6.45, 7) is 0. The van der Waals surface area contributed by atoms with E-state index in [1.54, 1.807) is 0 Å². The molecule has 9 aromatic rings. The molecule has 260 valence electrons. The van der Waals surface area contributed by atoms with Crippen LogP contribution in [0.5, 0.6) is 11.5 Å². The van der Waals surface area contributed by atoms with Gasteiger partial charge in [0.25, 0.3) is 0 Å². The lowest BCUT2D eigenvalue weighted by atomic mass is 9.92. The van der Waals surface area contributed by atoms with Crippen LogP contribution in [0.3, 0.4) is 0 Å². The van der Waals surface area contributed by atoms with Crippen molar-refractivity contribution in [2.24, 2.45) is 0 Å². The van der Waals surface area contributed by atoms with Gasteiger partial charge in [-0.15, -0.1) is 0 Å². The number of hydrogen-bond acceptors (Lipinski definition) is 3. The van der Waals surface area contributed by atoms with Gasteiger partial charge in [0.15, 0.2) is 5.75 Å². The van der Waals surface area contributed by atoms with Gasteiger partial charge in [-0.3, -0.25) is 0 Å². The maximum atomic E-state index is 7.08. The highest BCUT2D eigenvalue weighted by Crippen LogP contribution is 2.54. The minimum Gasteiger partial charge on any atom is -0.454 e. The summed E-state index contributed by atoms with van der Waals surface area (Å²) in [5.41, 5.74) is 13.3. The molecule has 0 N–H and O–H groups in total. The first-order valence-corrected chi connectivity index (χ1v) is 18.7. The average molecular weight is 705 g/mol. The summed E-state index contributed by atoms with van der Waals surface area (Å²) in [5, 5.41) is 2.23. The Bertz CT molecular complexity index is 2630. The molecular formula is C52H36N2O. The van der Waals surface area contributed by atoms with Crippen LogP contribution in [0.15, 0.2) is 218 Å². The topological polar surface area (TPSA) is 15.7 Å². The summed E-state index contributed by atoms with van der Waals surface area (Å²) in [6.07, 6.45) is 0. The van der Waals surface area contributed by atoms with Gasteiger partial charge in [-0.25, -0.2) is 0 Å². The lowest BCUT2D eigenvalue weighted by Gasteiger charge is -2.32.